The molecule has 0 aliphatic rings. The van der Waals surface area contributed by atoms with Crippen molar-refractivity contribution in [2.24, 2.45) is 0 Å². The van der Waals surface area contributed by atoms with Crippen LogP contribution >= 0.6 is 11.6 Å². The average molecular weight is 283 g/mol. The van der Waals surface area contributed by atoms with Gasteiger partial charge in [0.1, 0.15) is 5.60 Å². The first-order valence-electron chi connectivity index (χ1n) is 5.81. The van der Waals surface area contributed by atoms with E-state index < -0.39 is 11.7 Å². The van der Waals surface area contributed by atoms with Gasteiger partial charge in [-0.15, -0.1) is 0 Å². The van der Waals surface area contributed by atoms with E-state index in [1.165, 1.54) is 0 Å². The van der Waals surface area contributed by atoms with Gasteiger partial charge in [-0.3, -0.25) is 0 Å². The number of hydrogen-bond donors (Lipinski definition) is 1. The Kier molecular flexibility index (Phi) is 3.61. The van der Waals surface area contributed by atoms with Crippen molar-refractivity contribution in [1.82, 2.24) is 19.9 Å². The number of alkyl carbamates (subject to hydrolysis) is 1. The number of carbonyl (C=O) groups is 1. The van der Waals surface area contributed by atoms with E-state index in [4.69, 9.17) is 16.3 Å². The molecule has 0 fully saturated rings. The normalized spacial score (nSPS) is 11.6. The molecule has 0 bridgehead atoms. The van der Waals surface area contributed by atoms with Crippen molar-refractivity contribution in [3.8, 4) is 0 Å². The Balaban J connectivity index is 2.09. The molecule has 2 aromatic heterocycles. The van der Waals surface area contributed by atoms with Gasteiger partial charge < -0.3 is 10.1 Å². The van der Waals surface area contributed by atoms with Crippen LogP contribution in [0.3, 0.4) is 0 Å². The van der Waals surface area contributed by atoms with Crippen LogP contribution in [0.15, 0.2) is 18.5 Å². The number of hydrogen-bond acceptors (Lipinski definition) is 4. The summed E-state index contributed by atoms with van der Waals surface area (Å²) < 4.78 is 6.72. The first kappa shape index (κ1) is 13.6. The van der Waals surface area contributed by atoms with Crippen molar-refractivity contribution < 1.29 is 9.53 Å². The van der Waals surface area contributed by atoms with Gasteiger partial charge in [-0.25, -0.2) is 14.3 Å². The molecule has 2 aromatic rings. The number of carbonyl (C=O) groups excluding carboxylic acids is 1. The summed E-state index contributed by atoms with van der Waals surface area (Å²) in [6.45, 7) is 5.70. The zero-order chi connectivity index (χ0) is 14.0. The van der Waals surface area contributed by atoms with Gasteiger partial charge in [-0.05, 0) is 26.8 Å². The molecule has 0 aliphatic carbocycles. The van der Waals surface area contributed by atoms with Crippen molar-refractivity contribution in [2.45, 2.75) is 32.9 Å². The van der Waals surface area contributed by atoms with Crippen molar-refractivity contribution in [3.63, 3.8) is 0 Å². The van der Waals surface area contributed by atoms with Gasteiger partial charge in [0.25, 0.3) is 0 Å². The van der Waals surface area contributed by atoms with Gasteiger partial charge >= 0.3 is 6.09 Å². The Bertz CT molecular complexity index is 603. The summed E-state index contributed by atoms with van der Waals surface area (Å²) in [4.78, 5) is 15.7. The highest BCUT2D eigenvalue weighted by Gasteiger charge is 2.16. The van der Waals surface area contributed by atoms with E-state index in [-0.39, 0.29) is 6.54 Å². The highest BCUT2D eigenvalue weighted by Crippen LogP contribution is 2.13. The molecule has 0 aromatic carbocycles. The number of ether oxygens (including phenoxy) is 1. The smallest absolute Gasteiger partial charge is 0.407 e. The lowest BCUT2D eigenvalue weighted by Gasteiger charge is -2.19. The predicted octanol–water partition coefficient (Wildman–Crippen LogP) is 2.41. The summed E-state index contributed by atoms with van der Waals surface area (Å²) in [5.41, 5.74) is 0.902. The van der Waals surface area contributed by atoms with Crippen LogP contribution < -0.4 is 5.32 Å². The molecule has 0 unspecified atom stereocenters. The molecule has 1 amide bonds. The van der Waals surface area contributed by atoms with E-state index in [1.54, 1.807) is 23.0 Å². The third-order valence-electron chi connectivity index (χ3n) is 2.23. The lowest BCUT2D eigenvalue weighted by atomic mass is 10.2. The zero-order valence-electron chi connectivity index (χ0n) is 11.0. The Labute approximate surface area is 115 Å². The second-order valence-electron chi connectivity index (χ2n) is 5.04. The minimum atomic E-state index is -0.525. The van der Waals surface area contributed by atoms with Crippen LogP contribution in [0.2, 0.25) is 5.15 Å². The molecule has 0 saturated carbocycles. The molecule has 0 aliphatic heterocycles. The van der Waals surface area contributed by atoms with E-state index in [0.29, 0.717) is 10.8 Å². The molecule has 7 heteroatoms. The van der Waals surface area contributed by atoms with Crippen molar-refractivity contribution in [1.29, 1.82) is 0 Å². The SMILES string of the molecule is CC(C)(C)OC(=O)NCc1cc(Cl)nn2ccnc12. The maximum Gasteiger partial charge on any atom is 0.407 e. The zero-order valence-corrected chi connectivity index (χ0v) is 11.7. The minimum absolute atomic E-state index is 0.275. The first-order chi connectivity index (χ1) is 8.85. The molecule has 19 heavy (non-hydrogen) atoms. The summed E-state index contributed by atoms with van der Waals surface area (Å²) in [6.07, 6.45) is 2.83. The van der Waals surface area contributed by atoms with E-state index in [1.807, 2.05) is 20.8 Å². The van der Waals surface area contributed by atoms with Crippen LogP contribution in [0.5, 0.6) is 0 Å². The lowest BCUT2D eigenvalue weighted by Crippen LogP contribution is -2.32. The Morgan fingerprint density at radius 3 is 2.95 bits per heavy atom. The lowest BCUT2D eigenvalue weighted by molar-refractivity contribution is 0.0523. The molecule has 2 rings (SSSR count). The Morgan fingerprint density at radius 1 is 1.53 bits per heavy atom. The topological polar surface area (TPSA) is 68.5 Å². The van der Waals surface area contributed by atoms with Crippen LogP contribution in [-0.2, 0) is 11.3 Å². The highest BCUT2D eigenvalue weighted by molar-refractivity contribution is 6.29. The number of imidazole rings is 1. The van der Waals surface area contributed by atoms with Crippen LogP contribution in [0, 0.1) is 0 Å². The monoisotopic (exact) mass is 282 g/mol. The molecule has 6 nitrogen and oxygen atoms in total. The highest BCUT2D eigenvalue weighted by atomic mass is 35.5. The van der Waals surface area contributed by atoms with E-state index in [2.05, 4.69) is 15.4 Å². The van der Waals surface area contributed by atoms with Crippen molar-refractivity contribution in [2.75, 3.05) is 0 Å². The van der Waals surface area contributed by atoms with E-state index in [0.717, 1.165) is 5.56 Å². The number of fused-ring (bicyclic) bond motifs is 1. The molecular weight excluding hydrogens is 268 g/mol. The maximum atomic E-state index is 11.6. The van der Waals surface area contributed by atoms with Gasteiger partial charge in [0.2, 0.25) is 0 Å². The summed E-state index contributed by atoms with van der Waals surface area (Å²) >= 11 is 5.90. The largest absolute Gasteiger partial charge is 0.444 e. The standard InChI is InChI=1S/C12H15ClN4O2/c1-12(2,3)19-11(18)15-7-8-6-9(13)16-17-5-4-14-10(8)17/h4-6H,7H2,1-3H3,(H,15,18). The fourth-order valence-electron chi connectivity index (χ4n) is 1.56. The van der Waals surface area contributed by atoms with Gasteiger partial charge in [0.05, 0.1) is 0 Å². The van der Waals surface area contributed by atoms with Crippen LogP contribution in [-0.4, -0.2) is 26.3 Å². The fraction of sp³-hybridized carbons (Fsp3) is 0.417. The summed E-state index contributed by atoms with van der Waals surface area (Å²) in [5.74, 6) is 0. The van der Waals surface area contributed by atoms with Crippen molar-refractivity contribution in [3.05, 3.63) is 29.2 Å². The minimum Gasteiger partial charge on any atom is -0.444 e. The molecule has 0 radical (unpaired) electrons. The third-order valence-corrected chi connectivity index (χ3v) is 2.41. The maximum absolute atomic E-state index is 11.6. The Morgan fingerprint density at radius 2 is 2.26 bits per heavy atom. The molecule has 0 spiro atoms. The number of halogens is 1. The van der Waals surface area contributed by atoms with Gasteiger partial charge in [0, 0.05) is 24.5 Å². The second kappa shape index (κ2) is 5.05. The second-order valence-corrected chi connectivity index (χ2v) is 5.43. The number of nitrogens with one attached hydrogen (secondary N) is 1. The number of rotatable bonds is 2. The molecule has 0 saturated heterocycles. The summed E-state index contributed by atoms with van der Waals surface area (Å²) in [7, 11) is 0. The fourth-order valence-corrected chi connectivity index (χ4v) is 1.77. The van der Waals surface area contributed by atoms with Gasteiger partial charge in [-0.1, -0.05) is 11.6 Å². The first-order valence-corrected chi connectivity index (χ1v) is 6.18. The number of nitrogens with zero attached hydrogens (tertiary/aromatic N) is 3. The van der Waals surface area contributed by atoms with Gasteiger partial charge in [0.15, 0.2) is 10.8 Å². The molecule has 1 N–H and O–H groups in total. The molecular formula is C12H15ClN4O2. The molecule has 0 atom stereocenters. The molecule has 102 valence electrons. The van der Waals surface area contributed by atoms with Gasteiger partial charge in [-0.2, -0.15) is 5.10 Å². The Hall–Kier alpha value is -1.82. The summed E-state index contributed by atoms with van der Waals surface area (Å²) in [5, 5.41) is 7.06. The van der Waals surface area contributed by atoms with Crippen LogP contribution in [0.1, 0.15) is 26.3 Å². The quantitative estimate of drug-likeness (QED) is 0.918. The van der Waals surface area contributed by atoms with Crippen molar-refractivity contribution >= 4 is 23.3 Å². The molecule has 2 heterocycles. The van der Waals surface area contributed by atoms with Crippen LogP contribution in [0.25, 0.3) is 5.65 Å². The van der Waals surface area contributed by atoms with E-state index >= 15 is 0 Å². The number of amides is 1. The van der Waals surface area contributed by atoms with Crippen LogP contribution in [0.4, 0.5) is 4.79 Å². The summed E-state index contributed by atoms with van der Waals surface area (Å²) in [6, 6.07) is 1.67. The predicted molar refractivity (Wildman–Crippen MR) is 71.1 cm³/mol. The third kappa shape index (κ3) is 3.57. The average Bonchev–Trinajstić information content (AvgIpc) is 2.71. The van der Waals surface area contributed by atoms with E-state index in [9.17, 15) is 4.79 Å². The number of aromatic nitrogens is 3.